The van der Waals surface area contributed by atoms with E-state index in [2.05, 4.69) is 10.6 Å². The Morgan fingerprint density at radius 2 is 1.49 bits per heavy atom. The summed E-state index contributed by atoms with van der Waals surface area (Å²) >= 11 is 0. The maximum atomic E-state index is 13.4. The zero-order chi connectivity index (χ0) is 29.2. The lowest BCUT2D eigenvalue weighted by Gasteiger charge is -2.31. The third kappa shape index (κ3) is 10.0. The summed E-state index contributed by atoms with van der Waals surface area (Å²) in [7, 11) is 1.21. The van der Waals surface area contributed by atoms with Crippen LogP contribution in [0.2, 0.25) is 0 Å². The number of benzene rings is 2. The summed E-state index contributed by atoms with van der Waals surface area (Å²) in [5, 5.41) is 16.5. The Kier molecular flexibility index (Phi) is 11.5. The predicted octanol–water partition coefficient (Wildman–Crippen LogP) is 3.53. The van der Waals surface area contributed by atoms with Gasteiger partial charge in [-0.15, -0.1) is 0 Å². The van der Waals surface area contributed by atoms with Crippen LogP contribution >= 0.6 is 0 Å². The normalized spacial score (nSPS) is 13.5. The summed E-state index contributed by atoms with van der Waals surface area (Å²) < 4.78 is 10.2. The fourth-order valence-corrected chi connectivity index (χ4v) is 3.75. The Hall–Kier alpha value is -3.92. The number of ether oxygens (including phenoxy) is 2. The number of alkyl carbamates (subject to hydrolysis) is 1. The zero-order valence-corrected chi connectivity index (χ0v) is 23.3. The highest BCUT2D eigenvalue weighted by Gasteiger charge is 2.34. The molecule has 0 radical (unpaired) electrons. The van der Waals surface area contributed by atoms with Gasteiger partial charge in [-0.3, -0.25) is 9.69 Å². The van der Waals surface area contributed by atoms with Gasteiger partial charge in [-0.2, -0.15) is 0 Å². The molecule has 2 aromatic rings. The molecule has 0 aliphatic carbocycles. The summed E-state index contributed by atoms with van der Waals surface area (Å²) in [4.78, 5) is 52.5. The van der Waals surface area contributed by atoms with Crippen LogP contribution in [0.4, 0.5) is 9.59 Å². The van der Waals surface area contributed by atoms with Crippen LogP contribution in [0.3, 0.4) is 0 Å². The Morgan fingerprint density at radius 3 is 2.00 bits per heavy atom. The quantitative estimate of drug-likeness (QED) is 0.392. The van der Waals surface area contributed by atoms with Crippen molar-refractivity contribution in [3.05, 3.63) is 71.8 Å². The number of amides is 4. The number of methoxy groups -OCH3 is 1. The van der Waals surface area contributed by atoms with Crippen LogP contribution < -0.4 is 10.6 Å². The van der Waals surface area contributed by atoms with Gasteiger partial charge in [-0.1, -0.05) is 62.4 Å². The van der Waals surface area contributed by atoms with E-state index in [0.29, 0.717) is 0 Å². The maximum Gasteiger partial charge on any atom is 0.407 e. The first-order chi connectivity index (χ1) is 18.3. The van der Waals surface area contributed by atoms with Gasteiger partial charge in [-0.05, 0) is 50.8 Å². The maximum absolute atomic E-state index is 13.4. The Morgan fingerprint density at radius 1 is 0.923 bits per heavy atom. The second-order valence-corrected chi connectivity index (χ2v) is 10.5. The van der Waals surface area contributed by atoms with Gasteiger partial charge in [0.15, 0.2) is 0 Å². The number of imide groups is 1. The van der Waals surface area contributed by atoms with Crippen molar-refractivity contribution in [2.45, 2.75) is 64.8 Å². The number of aliphatic hydroxyl groups excluding tert-OH is 1. The number of nitrogens with zero attached hydrogens (tertiary/aromatic N) is 1. The molecule has 10 heteroatoms. The Labute approximate surface area is 229 Å². The number of rotatable bonds is 10. The highest BCUT2D eigenvalue weighted by molar-refractivity contribution is 6.04. The second kappa shape index (κ2) is 14.3. The number of esters is 1. The summed E-state index contributed by atoms with van der Waals surface area (Å²) in [6, 6.07) is 14.4. The first-order valence-electron chi connectivity index (χ1n) is 12.8. The average molecular weight is 542 g/mol. The highest BCUT2D eigenvalue weighted by Crippen LogP contribution is 2.14. The molecule has 212 valence electrons. The number of hydrogen-bond donors (Lipinski definition) is 3. The third-order valence-electron chi connectivity index (χ3n) is 5.75. The molecule has 3 atom stereocenters. The SMILES string of the molecule is COC(=O)[C@H](NC(=O)N(C[C@@H](O)[C@@H](Cc1ccccc1)NC(=O)OC(C)(C)C)C(=O)c1ccccc1)C(C)C. The molecule has 2 aromatic carbocycles. The van der Waals surface area contributed by atoms with Gasteiger partial charge in [-0.25, -0.2) is 14.4 Å². The molecular weight excluding hydrogens is 502 g/mol. The zero-order valence-electron chi connectivity index (χ0n) is 23.3. The molecule has 4 amide bonds. The van der Waals surface area contributed by atoms with E-state index in [1.807, 2.05) is 30.3 Å². The molecule has 0 aromatic heterocycles. The smallest absolute Gasteiger partial charge is 0.407 e. The van der Waals surface area contributed by atoms with Crippen molar-refractivity contribution >= 4 is 24.0 Å². The molecule has 2 rings (SSSR count). The average Bonchev–Trinajstić information content (AvgIpc) is 2.88. The fraction of sp³-hybridized carbons (Fsp3) is 0.448. The van der Waals surface area contributed by atoms with Gasteiger partial charge in [0.1, 0.15) is 11.6 Å². The minimum absolute atomic E-state index is 0.201. The van der Waals surface area contributed by atoms with Crippen molar-refractivity contribution in [2.75, 3.05) is 13.7 Å². The molecule has 0 aliphatic rings. The largest absolute Gasteiger partial charge is 0.467 e. The topological polar surface area (TPSA) is 134 Å². The lowest BCUT2D eigenvalue weighted by atomic mass is 10.0. The van der Waals surface area contributed by atoms with Crippen LogP contribution in [0, 0.1) is 5.92 Å². The lowest BCUT2D eigenvalue weighted by Crippen LogP contribution is -2.56. The molecule has 0 aliphatic heterocycles. The molecule has 0 fully saturated rings. The predicted molar refractivity (Wildman–Crippen MR) is 146 cm³/mol. The van der Waals surface area contributed by atoms with Gasteiger partial charge in [0, 0.05) is 5.56 Å². The van der Waals surface area contributed by atoms with Crippen molar-refractivity contribution in [3.8, 4) is 0 Å². The van der Waals surface area contributed by atoms with Crippen LogP contribution in [0.5, 0.6) is 0 Å². The Bertz CT molecular complexity index is 1100. The van der Waals surface area contributed by atoms with E-state index in [9.17, 15) is 24.3 Å². The van der Waals surface area contributed by atoms with Gasteiger partial charge in [0.05, 0.1) is 25.8 Å². The van der Waals surface area contributed by atoms with Crippen molar-refractivity contribution in [1.29, 1.82) is 0 Å². The van der Waals surface area contributed by atoms with Crippen LogP contribution in [-0.2, 0) is 20.7 Å². The second-order valence-electron chi connectivity index (χ2n) is 10.5. The standard InChI is InChI=1S/C29H39N3O7/c1-19(2)24(26(35)38-6)31-27(36)32(25(34)21-15-11-8-12-16-21)18-23(33)22(17-20-13-9-7-10-14-20)30-28(37)39-29(3,4)5/h7-16,19,22-24,33H,17-18H2,1-6H3,(H,30,37)(H,31,36)/t22-,23-,24-/m1/s1. The lowest BCUT2D eigenvalue weighted by molar-refractivity contribution is -0.144. The van der Waals surface area contributed by atoms with E-state index in [4.69, 9.17) is 9.47 Å². The summed E-state index contributed by atoms with van der Waals surface area (Å²) in [5.74, 6) is -1.69. The summed E-state index contributed by atoms with van der Waals surface area (Å²) in [6.45, 7) is 8.12. The first-order valence-corrected chi connectivity index (χ1v) is 12.8. The van der Waals surface area contributed by atoms with E-state index in [0.717, 1.165) is 10.5 Å². The van der Waals surface area contributed by atoms with Crippen molar-refractivity contribution in [3.63, 3.8) is 0 Å². The number of aliphatic hydroxyl groups is 1. The van der Waals surface area contributed by atoms with E-state index in [1.165, 1.54) is 19.2 Å². The molecule has 0 unspecified atom stereocenters. The van der Waals surface area contributed by atoms with Gasteiger partial charge in [0.2, 0.25) is 0 Å². The number of nitrogens with one attached hydrogen (secondary N) is 2. The first kappa shape index (κ1) is 31.3. The molecule has 0 heterocycles. The molecule has 10 nitrogen and oxygen atoms in total. The minimum Gasteiger partial charge on any atom is -0.467 e. The number of urea groups is 1. The molecule has 39 heavy (non-hydrogen) atoms. The van der Waals surface area contributed by atoms with Gasteiger partial charge >= 0.3 is 18.1 Å². The minimum atomic E-state index is -1.38. The molecule has 0 saturated heterocycles. The van der Waals surface area contributed by atoms with Gasteiger partial charge < -0.3 is 25.2 Å². The number of carbonyl (C=O) groups is 4. The van der Waals surface area contributed by atoms with E-state index < -0.39 is 54.3 Å². The third-order valence-corrected chi connectivity index (χ3v) is 5.75. The number of hydrogen-bond acceptors (Lipinski definition) is 7. The van der Waals surface area contributed by atoms with E-state index in [1.54, 1.807) is 52.8 Å². The molecule has 0 saturated carbocycles. The van der Waals surface area contributed by atoms with E-state index in [-0.39, 0.29) is 17.9 Å². The van der Waals surface area contributed by atoms with Crippen LogP contribution in [0.25, 0.3) is 0 Å². The Balaban J connectivity index is 2.37. The van der Waals surface area contributed by atoms with Crippen LogP contribution in [0.15, 0.2) is 60.7 Å². The monoisotopic (exact) mass is 541 g/mol. The highest BCUT2D eigenvalue weighted by atomic mass is 16.6. The van der Waals surface area contributed by atoms with Crippen molar-refractivity contribution in [1.82, 2.24) is 15.5 Å². The van der Waals surface area contributed by atoms with Crippen LogP contribution in [0.1, 0.15) is 50.5 Å². The molecule has 0 bridgehead atoms. The number of carbonyl (C=O) groups excluding carboxylic acids is 4. The van der Waals surface area contributed by atoms with E-state index >= 15 is 0 Å². The molecule has 0 spiro atoms. The van der Waals surface area contributed by atoms with Gasteiger partial charge in [0.25, 0.3) is 5.91 Å². The summed E-state index contributed by atoms with van der Waals surface area (Å²) in [5.41, 5.74) is 0.244. The summed E-state index contributed by atoms with van der Waals surface area (Å²) in [6.07, 6.45) is -1.93. The van der Waals surface area contributed by atoms with Crippen molar-refractivity contribution in [2.24, 2.45) is 5.92 Å². The molecule has 3 N–H and O–H groups in total. The molecular formula is C29H39N3O7. The van der Waals surface area contributed by atoms with Crippen molar-refractivity contribution < 1.29 is 33.8 Å². The fourth-order valence-electron chi connectivity index (χ4n) is 3.75. The van der Waals surface area contributed by atoms with Crippen LogP contribution in [-0.4, -0.2) is 71.5 Å².